The van der Waals surface area contributed by atoms with Gasteiger partial charge in [0.25, 0.3) is 0 Å². The first-order valence-corrected chi connectivity index (χ1v) is 3.11. The highest BCUT2D eigenvalue weighted by Gasteiger charge is 2.29. The molecule has 10 heteroatoms. The van der Waals surface area contributed by atoms with Gasteiger partial charge in [0.05, 0.1) is 5.97 Å². The number of carbonyl (C=O) groups is 3. The van der Waals surface area contributed by atoms with Crippen LogP contribution in [0.15, 0.2) is 0 Å². The van der Waals surface area contributed by atoms with Crippen molar-refractivity contribution < 1.29 is 34.8 Å². The van der Waals surface area contributed by atoms with Gasteiger partial charge in [0.1, 0.15) is 5.60 Å². The van der Waals surface area contributed by atoms with Gasteiger partial charge in [-0.3, -0.25) is 0 Å². The van der Waals surface area contributed by atoms with Gasteiger partial charge in [-0.15, -0.1) is 0 Å². The van der Waals surface area contributed by atoms with Crippen molar-refractivity contribution in [2.24, 2.45) is 0 Å². The summed E-state index contributed by atoms with van der Waals surface area (Å²) in [6.45, 7) is 0. The van der Waals surface area contributed by atoms with Gasteiger partial charge in [-0.25, -0.2) is 0 Å². The zero-order chi connectivity index (χ0) is 10.6. The first-order chi connectivity index (χ1) is 5.78. The molecule has 98 valence electrons. The number of carboxylic acids is 3. The fourth-order valence-electron chi connectivity index (χ4n) is 0.684. The van der Waals surface area contributed by atoms with Crippen LogP contribution in [0, 0.1) is 0 Å². The number of carboxylic acid groups (broad SMARTS) is 3. The minimum absolute atomic E-state index is 0. The molecule has 0 rings (SSSR count). The van der Waals surface area contributed by atoms with Gasteiger partial charge in [0, 0.05) is 24.8 Å². The summed E-state index contributed by atoms with van der Waals surface area (Å²) in [4.78, 5) is 30.0. The summed E-state index contributed by atoms with van der Waals surface area (Å²) < 4.78 is 0. The van der Waals surface area contributed by atoms with E-state index in [-0.39, 0.29) is 40.5 Å². The predicted molar refractivity (Wildman–Crippen MR) is 63.9 cm³/mol. The maximum absolute atomic E-state index is 10.1. The monoisotopic (exact) mass is 294 g/mol. The van der Waals surface area contributed by atoms with Crippen LogP contribution in [0.1, 0.15) is 12.8 Å². The fraction of sp³-hybridized carbons (Fsp3) is 0.500. The Kier molecular flexibility index (Phi) is 14.8. The van der Waals surface area contributed by atoms with Gasteiger partial charge in [0.2, 0.25) is 0 Å². The van der Waals surface area contributed by atoms with E-state index in [1.165, 1.54) is 0 Å². The molecule has 0 aliphatic rings. The van der Waals surface area contributed by atoms with Crippen molar-refractivity contribution in [3.63, 3.8) is 0 Å². The highest BCUT2D eigenvalue weighted by atomic mass is 32.1. The molecule has 0 spiro atoms. The van der Waals surface area contributed by atoms with Crippen molar-refractivity contribution in [2.45, 2.75) is 18.4 Å². The Morgan fingerprint density at radius 1 is 0.875 bits per heavy atom. The number of hydrogen-bond donors (Lipinski definition) is 1. The van der Waals surface area contributed by atoms with Crippen LogP contribution in [0.5, 0.6) is 0 Å². The normalized spacial score (nSPS) is 8.81. The molecule has 0 aliphatic carbocycles. The summed E-state index contributed by atoms with van der Waals surface area (Å²) in [5.41, 5.74) is -2.97. The van der Waals surface area contributed by atoms with Crippen molar-refractivity contribution in [1.29, 1.82) is 0 Å². The fourth-order valence-corrected chi connectivity index (χ4v) is 0.684. The van der Waals surface area contributed by atoms with E-state index in [1.54, 1.807) is 0 Å². The zero-order valence-electron chi connectivity index (χ0n) is 8.04. The molecule has 16 heavy (non-hydrogen) atoms. The van der Waals surface area contributed by atoms with Crippen LogP contribution in [0.4, 0.5) is 0 Å². The van der Waals surface area contributed by atoms with Gasteiger partial charge >= 0.3 is 0 Å². The van der Waals surface area contributed by atoms with E-state index in [2.05, 4.69) is 0 Å². The molecule has 0 amide bonds. The Morgan fingerprint density at radius 3 is 1.25 bits per heavy atom. The minimum atomic E-state index is -2.97. The molecular formula is C6H14O7S3. The maximum atomic E-state index is 10.1. The Balaban J connectivity index is -0.000000240. The molecule has 0 atom stereocenters. The van der Waals surface area contributed by atoms with Crippen LogP contribution in [-0.4, -0.2) is 28.6 Å². The van der Waals surface area contributed by atoms with E-state index in [0.717, 1.165) is 0 Å². The van der Waals surface area contributed by atoms with E-state index in [4.69, 9.17) is 5.11 Å². The van der Waals surface area contributed by atoms with E-state index in [1.807, 2.05) is 0 Å². The lowest BCUT2D eigenvalue weighted by atomic mass is 9.96. The van der Waals surface area contributed by atoms with E-state index < -0.39 is 36.4 Å². The molecule has 0 unspecified atom stereocenters. The zero-order valence-corrected chi connectivity index (χ0v) is 11.5. The van der Waals surface area contributed by atoms with Crippen LogP contribution < -0.4 is 15.3 Å². The van der Waals surface area contributed by atoms with Gasteiger partial charge in [-0.1, -0.05) is 40.5 Å². The molecule has 0 aromatic heterocycles. The first-order valence-electron chi connectivity index (χ1n) is 3.11. The van der Waals surface area contributed by atoms with Crippen LogP contribution in [0.25, 0.3) is 0 Å². The summed E-state index contributed by atoms with van der Waals surface area (Å²) in [6, 6.07) is 0. The third-order valence-corrected chi connectivity index (χ3v) is 1.25. The second-order valence-corrected chi connectivity index (χ2v) is 2.42. The maximum Gasteiger partial charge on any atom is 0.114 e. The largest absolute Gasteiger partial charge is 0.550 e. The topological polar surface area (TPSA) is 141 Å². The Hall–Kier alpha value is -0.580. The third kappa shape index (κ3) is 8.71. The number of carbonyl (C=O) groups excluding carboxylic acids is 3. The number of rotatable bonds is 5. The number of aliphatic hydroxyl groups is 1. The number of hydrogen-bond acceptors (Lipinski definition) is 7. The smallest absolute Gasteiger partial charge is 0.114 e. The van der Waals surface area contributed by atoms with E-state index in [0.29, 0.717) is 0 Å². The lowest BCUT2D eigenvalue weighted by Crippen LogP contribution is -2.54. The van der Waals surface area contributed by atoms with Gasteiger partial charge in [-0.2, -0.15) is 0 Å². The second kappa shape index (κ2) is 9.63. The summed E-state index contributed by atoms with van der Waals surface area (Å²) in [6.07, 6.45) is -2.72. The molecule has 0 radical (unpaired) electrons. The molecule has 0 saturated carbocycles. The van der Waals surface area contributed by atoms with E-state index in [9.17, 15) is 29.7 Å². The van der Waals surface area contributed by atoms with Crippen molar-refractivity contribution in [1.82, 2.24) is 0 Å². The molecule has 0 aromatic rings. The van der Waals surface area contributed by atoms with Crippen LogP contribution >= 0.6 is 0 Å². The molecule has 0 heterocycles. The average molecular weight is 294 g/mol. The van der Waals surface area contributed by atoms with Gasteiger partial charge < -0.3 is 34.8 Å². The summed E-state index contributed by atoms with van der Waals surface area (Å²) in [5.74, 6) is -5.98. The summed E-state index contributed by atoms with van der Waals surface area (Å²) in [7, 11) is 0. The van der Waals surface area contributed by atoms with Crippen LogP contribution in [0.2, 0.25) is 0 Å². The van der Waals surface area contributed by atoms with Gasteiger partial charge in [0.15, 0.2) is 0 Å². The summed E-state index contributed by atoms with van der Waals surface area (Å²) in [5, 5.41) is 38.9. The Morgan fingerprint density at radius 2 is 1.12 bits per heavy atom. The Labute approximate surface area is 112 Å². The highest BCUT2D eigenvalue weighted by Crippen LogP contribution is 2.13. The quantitative estimate of drug-likeness (QED) is 0.496. The molecule has 0 aromatic carbocycles. The highest BCUT2D eigenvalue weighted by molar-refractivity contribution is 7.37. The SMILES string of the molecule is O=C([O-])CC(O)(CC(=O)[O-])C(=O)[O-].[SH3+].[SH3+].[SH3+]. The molecule has 0 bridgehead atoms. The molecule has 7 nitrogen and oxygen atoms in total. The molecule has 0 aliphatic heterocycles. The minimum Gasteiger partial charge on any atom is -0.550 e. The van der Waals surface area contributed by atoms with Gasteiger partial charge in [-0.05, 0) is 0 Å². The molecule has 0 saturated heterocycles. The average Bonchev–Trinajstić information content (AvgIpc) is 1.82. The predicted octanol–water partition coefficient (Wildman–Crippen LogP) is -7.67. The first kappa shape index (κ1) is 24.6. The van der Waals surface area contributed by atoms with Crippen molar-refractivity contribution in [3.05, 3.63) is 0 Å². The van der Waals surface area contributed by atoms with Crippen molar-refractivity contribution in [3.8, 4) is 0 Å². The van der Waals surface area contributed by atoms with Crippen LogP contribution in [-0.2, 0) is 54.9 Å². The van der Waals surface area contributed by atoms with Crippen molar-refractivity contribution in [2.75, 3.05) is 0 Å². The standard InChI is InChI=1S/C6H8O7.3H2S/c7-3(8)1-6(13,5(11)12)2-4(9)10;;;/h13H,1-2H2,(H,7,8)(H,9,10)(H,11,12);3*1H2. The number of aliphatic carboxylic acids is 3. The molecule has 0 fully saturated rings. The third-order valence-electron chi connectivity index (χ3n) is 1.25. The lowest BCUT2D eigenvalue weighted by Gasteiger charge is -2.29. The lowest BCUT2D eigenvalue weighted by molar-refractivity contribution is -0.339. The van der Waals surface area contributed by atoms with E-state index >= 15 is 0 Å². The van der Waals surface area contributed by atoms with Crippen molar-refractivity contribution >= 4 is 58.4 Å². The molecule has 1 N–H and O–H groups in total. The second-order valence-electron chi connectivity index (χ2n) is 2.42. The Bertz CT molecular complexity index is 239. The van der Waals surface area contributed by atoms with Crippen LogP contribution in [0.3, 0.4) is 0 Å². The summed E-state index contributed by atoms with van der Waals surface area (Å²) >= 11 is 0. The molecular weight excluding hydrogens is 280 g/mol.